The highest BCUT2D eigenvalue weighted by atomic mass is 35.5. The Morgan fingerprint density at radius 3 is 2.44 bits per heavy atom. The Labute approximate surface area is 165 Å². The molecule has 1 heterocycles. The number of para-hydroxylation sites is 1. The maximum absolute atomic E-state index is 12.7. The lowest BCUT2D eigenvalue weighted by molar-refractivity contribution is -0.139. The van der Waals surface area contributed by atoms with Crippen molar-refractivity contribution in [2.45, 2.75) is 6.92 Å². The fraction of sp³-hybridized carbons (Fsp3) is 0.105. The summed E-state index contributed by atoms with van der Waals surface area (Å²) >= 11 is 12.3. The van der Waals surface area contributed by atoms with Gasteiger partial charge in [-0.2, -0.15) is 10.1 Å². The Kier molecular flexibility index (Phi) is 5.48. The Bertz CT molecular complexity index is 948. The number of anilines is 1. The molecule has 0 unspecified atom stereocenters. The number of hydrogen-bond donors (Lipinski definition) is 1. The summed E-state index contributed by atoms with van der Waals surface area (Å²) in [6, 6.07) is 12.2. The number of halogens is 2. The number of carbonyl (C=O) groups is 2. The lowest BCUT2D eigenvalue weighted by Gasteiger charge is -2.11. The highest BCUT2D eigenvalue weighted by molar-refractivity contribution is 6.37. The van der Waals surface area contributed by atoms with Gasteiger partial charge < -0.3 is 9.84 Å². The minimum absolute atomic E-state index is 0.0805. The molecule has 2 aromatic carbocycles. The van der Waals surface area contributed by atoms with Crippen LogP contribution in [-0.2, 0) is 9.59 Å². The normalized spacial score (nSPS) is 15.2. The Morgan fingerprint density at radius 1 is 1.22 bits per heavy atom. The SMILES string of the molecule is CC1=NN(c2ccccc2)C(=O)/C1=C/c1cc(Cl)c(OCC(=O)O)c(Cl)c1. The van der Waals surface area contributed by atoms with Crippen molar-refractivity contribution in [3.05, 3.63) is 63.6 Å². The largest absolute Gasteiger partial charge is 0.479 e. The molecular formula is C19H14Cl2N2O4. The molecule has 8 heteroatoms. The van der Waals surface area contributed by atoms with Crippen LogP contribution in [0.2, 0.25) is 10.0 Å². The van der Waals surface area contributed by atoms with Gasteiger partial charge in [0.25, 0.3) is 5.91 Å². The number of carboxylic acids is 1. The minimum Gasteiger partial charge on any atom is -0.479 e. The van der Waals surface area contributed by atoms with Crippen LogP contribution in [0.25, 0.3) is 6.08 Å². The van der Waals surface area contributed by atoms with Gasteiger partial charge in [-0.1, -0.05) is 41.4 Å². The third kappa shape index (κ3) is 4.13. The van der Waals surface area contributed by atoms with Gasteiger partial charge in [-0.3, -0.25) is 4.79 Å². The molecule has 1 aliphatic rings. The van der Waals surface area contributed by atoms with Crippen LogP contribution in [0.3, 0.4) is 0 Å². The van der Waals surface area contributed by atoms with Crippen molar-refractivity contribution in [1.29, 1.82) is 0 Å². The Morgan fingerprint density at radius 2 is 1.85 bits per heavy atom. The zero-order valence-corrected chi connectivity index (χ0v) is 15.7. The quantitative estimate of drug-likeness (QED) is 0.754. The molecule has 0 saturated carbocycles. The van der Waals surface area contributed by atoms with E-state index in [1.807, 2.05) is 18.2 Å². The van der Waals surface area contributed by atoms with E-state index in [0.29, 0.717) is 22.5 Å². The molecule has 0 saturated heterocycles. The number of ether oxygens (including phenoxy) is 1. The molecule has 1 amide bonds. The number of benzene rings is 2. The summed E-state index contributed by atoms with van der Waals surface area (Å²) in [6.07, 6.45) is 1.63. The summed E-state index contributed by atoms with van der Waals surface area (Å²) in [5.41, 5.74) is 2.20. The molecule has 0 bridgehead atoms. The number of amides is 1. The number of aliphatic carboxylic acids is 1. The molecule has 0 aromatic heterocycles. The summed E-state index contributed by atoms with van der Waals surface area (Å²) in [6.45, 7) is 1.18. The van der Waals surface area contributed by atoms with Gasteiger partial charge in [-0.25, -0.2) is 4.79 Å². The van der Waals surface area contributed by atoms with E-state index >= 15 is 0 Å². The van der Waals surface area contributed by atoms with E-state index in [0.717, 1.165) is 0 Å². The number of nitrogens with zero attached hydrogens (tertiary/aromatic N) is 2. The molecule has 2 aromatic rings. The first-order chi connectivity index (χ1) is 12.9. The molecule has 0 radical (unpaired) electrons. The van der Waals surface area contributed by atoms with Crippen LogP contribution in [0, 0.1) is 0 Å². The first kappa shape index (κ1) is 18.9. The van der Waals surface area contributed by atoms with Gasteiger partial charge in [-0.05, 0) is 42.8 Å². The molecule has 0 atom stereocenters. The second-order valence-corrected chi connectivity index (χ2v) is 6.51. The van der Waals surface area contributed by atoms with Crippen LogP contribution in [0.1, 0.15) is 12.5 Å². The van der Waals surface area contributed by atoms with Crippen molar-refractivity contribution in [1.82, 2.24) is 0 Å². The van der Waals surface area contributed by atoms with Crippen molar-refractivity contribution < 1.29 is 19.4 Å². The average Bonchev–Trinajstić information content (AvgIpc) is 2.90. The summed E-state index contributed by atoms with van der Waals surface area (Å²) in [5.74, 6) is -1.33. The van der Waals surface area contributed by atoms with Crippen LogP contribution < -0.4 is 9.75 Å². The fourth-order valence-electron chi connectivity index (χ4n) is 2.53. The number of carboxylic acid groups (broad SMARTS) is 1. The fourth-order valence-corrected chi connectivity index (χ4v) is 3.14. The predicted molar refractivity (Wildman–Crippen MR) is 105 cm³/mol. The van der Waals surface area contributed by atoms with Gasteiger partial charge in [0.15, 0.2) is 12.4 Å². The van der Waals surface area contributed by atoms with Gasteiger partial charge in [0.2, 0.25) is 0 Å². The van der Waals surface area contributed by atoms with Crippen LogP contribution in [0.5, 0.6) is 5.75 Å². The van der Waals surface area contributed by atoms with Gasteiger partial charge in [0, 0.05) is 0 Å². The highest BCUT2D eigenvalue weighted by Gasteiger charge is 2.28. The maximum Gasteiger partial charge on any atom is 0.341 e. The van der Waals surface area contributed by atoms with Gasteiger partial charge in [0.1, 0.15) is 0 Å². The lowest BCUT2D eigenvalue weighted by atomic mass is 10.1. The summed E-state index contributed by atoms with van der Waals surface area (Å²) < 4.78 is 5.09. The van der Waals surface area contributed by atoms with E-state index in [1.165, 1.54) is 5.01 Å². The minimum atomic E-state index is -1.14. The third-order valence-corrected chi connectivity index (χ3v) is 4.30. The van der Waals surface area contributed by atoms with Crippen molar-refractivity contribution >= 4 is 52.6 Å². The third-order valence-electron chi connectivity index (χ3n) is 3.73. The molecule has 3 rings (SSSR count). The molecule has 1 aliphatic heterocycles. The van der Waals surface area contributed by atoms with Crippen molar-refractivity contribution in [2.24, 2.45) is 5.10 Å². The molecule has 0 fully saturated rings. The maximum atomic E-state index is 12.7. The number of hydrogen-bond acceptors (Lipinski definition) is 4. The van der Waals surface area contributed by atoms with Gasteiger partial charge in [-0.15, -0.1) is 0 Å². The topological polar surface area (TPSA) is 79.2 Å². The van der Waals surface area contributed by atoms with E-state index in [9.17, 15) is 9.59 Å². The second-order valence-electron chi connectivity index (χ2n) is 5.69. The molecular weight excluding hydrogens is 391 g/mol. The summed E-state index contributed by atoms with van der Waals surface area (Å²) in [7, 11) is 0. The van der Waals surface area contributed by atoms with Gasteiger partial charge >= 0.3 is 5.97 Å². The Balaban J connectivity index is 1.90. The number of carbonyl (C=O) groups excluding carboxylic acids is 1. The van der Waals surface area contributed by atoms with E-state index < -0.39 is 12.6 Å². The van der Waals surface area contributed by atoms with Crippen molar-refractivity contribution in [3.63, 3.8) is 0 Å². The first-order valence-corrected chi connectivity index (χ1v) is 8.63. The number of hydrazone groups is 1. The molecule has 6 nitrogen and oxygen atoms in total. The van der Waals surface area contributed by atoms with Crippen molar-refractivity contribution in [3.8, 4) is 5.75 Å². The van der Waals surface area contributed by atoms with Crippen LogP contribution in [0.4, 0.5) is 5.69 Å². The Hall–Kier alpha value is -2.83. The molecule has 0 spiro atoms. The zero-order valence-electron chi connectivity index (χ0n) is 14.1. The molecule has 27 heavy (non-hydrogen) atoms. The first-order valence-electron chi connectivity index (χ1n) is 7.87. The van der Waals surface area contributed by atoms with Crippen LogP contribution >= 0.6 is 23.2 Å². The smallest absolute Gasteiger partial charge is 0.341 e. The van der Waals surface area contributed by atoms with E-state index in [4.69, 9.17) is 33.0 Å². The monoisotopic (exact) mass is 404 g/mol. The van der Waals surface area contributed by atoms with Gasteiger partial charge in [0.05, 0.1) is 27.0 Å². The molecule has 0 aliphatic carbocycles. The van der Waals surface area contributed by atoms with Crippen LogP contribution in [0.15, 0.2) is 53.1 Å². The van der Waals surface area contributed by atoms with E-state index in [-0.39, 0.29) is 21.7 Å². The van der Waals surface area contributed by atoms with Crippen LogP contribution in [-0.4, -0.2) is 29.3 Å². The lowest BCUT2D eigenvalue weighted by Crippen LogP contribution is -2.21. The van der Waals surface area contributed by atoms with E-state index in [2.05, 4.69) is 5.10 Å². The zero-order chi connectivity index (χ0) is 19.6. The molecule has 138 valence electrons. The van der Waals surface area contributed by atoms with E-state index in [1.54, 1.807) is 37.3 Å². The summed E-state index contributed by atoms with van der Waals surface area (Å²) in [4.78, 5) is 23.4. The second kappa shape index (κ2) is 7.82. The average molecular weight is 405 g/mol. The molecule has 1 N–H and O–H groups in total. The highest BCUT2D eigenvalue weighted by Crippen LogP contribution is 2.35. The van der Waals surface area contributed by atoms with Crippen molar-refractivity contribution in [2.75, 3.05) is 11.6 Å². The number of rotatable bonds is 5. The standard InChI is InChI=1S/C19H14Cl2N2O4/c1-11-14(19(26)23(22-11)13-5-3-2-4-6-13)7-12-8-15(20)18(16(21)9-12)27-10-17(24)25/h2-9H,10H2,1H3,(H,24,25)/b14-7+. The summed E-state index contributed by atoms with van der Waals surface area (Å²) in [5, 5.41) is 14.6. The predicted octanol–water partition coefficient (Wildman–Crippen LogP) is 4.26.